The third-order valence-corrected chi connectivity index (χ3v) is 7.49. The SMILES string of the molecule is Cc1ccc(C(=O)NC(c2ccccc2)c2ccccc2)cc1N1CCCCS1(=O)=O. The molecule has 0 bridgehead atoms. The lowest BCUT2D eigenvalue weighted by molar-refractivity contribution is 0.0943. The average molecular weight is 435 g/mol. The molecule has 1 fully saturated rings. The molecule has 0 unspecified atom stereocenters. The first-order chi connectivity index (χ1) is 15.0. The molecule has 1 aliphatic rings. The van der Waals surface area contributed by atoms with Crippen LogP contribution in [0.1, 0.15) is 45.9 Å². The number of hydrogen-bond donors (Lipinski definition) is 1. The Hall–Kier alpha value is -3.12. The average Bonchev–Trinajstić information content (AvgIpc) is 2.79. The summed E-state index contributed by atoms with van der Waals surface area (Å²) in [6.45, 7) is 2.32. The number of benzene rings is 3. The highest BCUT2D eigenvalue weighted by Gasteiger charge is 2.28. The zero-order valence-corrected chi connectivity index (χ0v) is 18.3. The molecule has 0 saturated carbocycles. The second-order valence-electron chi connectivity index (χ2n) is 7.82. The fourth-order valence-electron chi connectivity index (χ4n) is 3.94. The van der Waals surface area contributed by atoms with E-state index in [9.17, 15) is 13.2 Å². The number of hydrogen-bond acceptors (Lipinski definition) is 3. The number of nitrogens with one attached hydrogen (secondary N) is 1. The van der Waals surface area contributed by atoms with E-state index >= 15 is 0 Å². The van der Waals surface area contributed by atoms with Gasteiger partial charge in [0.2, 0.25) is 10.0 Å². The van der Waals surface area contributed by atoms with Gasteiger partial charge in [0, 0.05) is 12.1 Å². The molecule has 3 aromatic rings. The molecule has 160 valence electrons. The van der Waals surface area contributed by atoms with Gasteiger partial charge in [0.25, 0.3) is 5.91 Å². The minimum absolute atomic E-state index is 0.146. The van der Waals surface area contributed by atoms with E-state index in [1.54, 1.807) is 12.1 Å². The molecule has 0 atom stereocenters. The zero-order chi connectivity index (χ0) is 21.8. The summed E-state index contributed by atoms with van der Waals surface area (Å²) in [5.74, 6) is -0.0965. The quantitative estimate of drug-likeness (QED) is 0.645. The summed E-state index contributed by atoms with van der Waals surface area (Å²) in [4.78, 5) is 13.2. The number of rotatable bonds is 5. The Bertz CT molecular complexity index is 1120. The Morgan fingerprint density at radius 1 is 0.903 bits per heavy atom. The Labute approximate surface area is 183 Å². The van der Waals surface area contributed by atoms with Crippen molar-refractivity contribution in [2.75, 3.05) is 16.6 Å². The molecule has 5 nitrogen and oxygen atoms in total. The van der Waals surface area contributed by atoms with Crippen LogP contribution in [0.25, 0.3) is 0 Å². The summed E-state index contributed by atoms with van der Waals surface area (Å²) in [5.41, 5.74) is 3.83. The number of sulfonamides is 1. The van der Waals surface area contributed by atoms with Crippen LogP contribution in [0.4, 0.5) is 5.69 Å². The van der Waals surface area contributed by atoms with Crippen LogP contribution in [0.5, 0.6) is 0 Å². The third-order valence-electron chi connectivity index (χ3n) is 5.63. The Balaban J connectivity index is 1.66. The topological polar surface area (TPSA) is 66.5 Å². The van der Waals surface area contributed by atoms with Gasteiger partial charge in [0.05, 0.1) is 17.5 Å². The lowest BCUT2D eigenvalue weighted by Gasteiger charge is -2.30. The number of aryl methyl sites for hydroxylation is 1. The van der Waals surface area contributed by atoms with Crippen molar-refractivity contribution in [1.29, 1.82) is 0 Å². The predicted molar refractivity (Wildman–Crippen MR) is 124 cm³/mol. The molecular weight excluding hydrogens is 408 g/mol. The first-order valence-electron chi connectivity index (χ1n) is 10.5. The van der Waals surface area contributed by atoms with Crippen molar-refractivity contribution >= 4 is 21.6 Å². The van der Waals surface area contributed by atoms with Crippen LogP contribution < -0.4 is 9.62 Å². The predicted octanol–water partition coefficient (Wildman–Crippen LogP) is 4.44. The zero-order valence-electron chi connectivity index (χ0n) is 17.5. The van der Waals surface area contributed by atoms with E-state index in [4.69, 9.17) is 0 Å². The number of carbonyl (C=O) groups excluding carboxylic acids is 1. The van der Waals surface area contributed by atoms with E-state index < -0.39 is 10.0 Å². The van der Waals surface area contributed by atoms with E-state index in [0.29, 0.717) is 24.2 Å². The molecule has 1 amide bonds. The Kier molecular flexibility index (Phi) is 6.09. The van der Waals surface area contributed by atoms with Crippen molar-refractivity contribution in [3.8, 4) is 0 Å². The summed E-state index contributed by atoms with van der Waals surface area (Å²) >= 11 is 0. The molecule has 0 aliphatic carbocycles. The molecule has 0 radical (unpaired) electrons. The number of nitrogens with zero attached hydrogens (tertiary/aromatic N) is 1. The fourth-order valence-corrected chi connectivity index (χ4v) is 5.64. The minimum Gasteiger partial charge on any atom is -0.341 e. The molecule has 1 saturated heterocycles. The van der Waals surface area contributed by atoms with E-state index in [0.717, 1.165) is 23.1 Å². The van der Waals surface area contributed by atoms with E-state index in [2.05, 4.69) is 5.32 Å². The monoisotopic (exact) mass is 434 g/mol. The maximum atomic E-state index is 13.2. The van der Waals surface area contributed by atoms with Gasteiger partial charge < -0.3 is 5.32 Å². The highest BCUT2D eigenvalue weighted by atomic mass is 32.2. The van der Waals surface area contributed by atoms with Crippen LogP contribution in [0.2, 0.25) is 0 Å². The van der Waals surface area contributed by atoms with Crippen LogP contribution in [-0.4, -0.2) is 26.6 Å². The van der Waals surface area contributed by atoms with Crippen molar-refractivity contribution in [2.45, 2.75) is 25.8 Å². The van der Waals surface area contributed by atoms with E-state index in [1.807, 2.05) is 73.7 Å². The standard InChI is InChI=1S/C25H26N2O3S/c1-19-14-15-22(18-23(19)27-16-8-9-17-31(27,29)30)25(28)26-24(20-10-4-2-5-11-20)21-12-6-3-7-13-21/h2-7,10-15,18,24H,8-9,16-17H2,1H3,(H,26,28). The van der Waals surface area contributed by atoms with Crippen LogP contribution >= 0.6 is 0 Å². The normalized spacial score (nSPS) is 15.6. The summed E-state index contributed by atoms with van der Waals surface area (Å²) in [6.07, 6.45) is 1.49. The van der Waals surface area contributed by atoms with Gasteiger partial charge in [-0.05, 0) is 48.6 Å². The van der Waals surface area contributed by atoms with Gasteiger partial charge >= 0.3 is 0 Å². The van der Waals surface area contributed by atoms with Gasteiger partial charge in [0.15, 0.2) is 0 Å². The Morgan fingerprint density at radius 2 is 1.52 bits per heavy atom. The molecule has 1 N–H and O–H groups in total. The first-order valence-corrected chi connectivity index (χ1v) is 12.1. The van der Waals surface area contributed by atoms with Gasteiger partial charge in [-0.15, -0.1) is 0 Å². The minimum atomic E-state index is -3.35. The smallest absolute Gasteiger partial charge is 0.252 e. The molecule has 0 spiro atoms. The summed E-state index contributed by atoms with van der Waals surface area (Å²) < 4.78 is 26.6. The molecule has 6 heteroatoms. The van der Waals surface area contributed by atoms with Crippen LogP contribution in [-0.2, 0) is 10.0 Å². The maximum absolute atomic E-state index is 13.2. The van der Waals surface area contributed by atoms with Gasteiger partial charge in [0.1, 0.15) is 0 Å². The van der Waals surface area contributed by atoms with Crippen molar-refractivity contribution in [3.63, 3.8) is 0 Å². The van der Waals surface area contributed by atoms with E-state index in [1.165, 1.54) is 4.31 Å². The van der Waals surface area contributed by atoms with Crippen LogP contribution in [0.3, 0.4) is 0 Å². The van der Waals surface area contributed by atoms with Crippen molar-refractivity contribution in [2.24, 2.45) is 0 Å². The lowest BCUT2D eigenvalue weighted by Crippen LogP contribution is -2.38. The van der Waals surface area contributed by atoms with Gasteiger partial charge in [-0.25, -0.2) is 8.42 Å². The van der Waals surface area contributed by atoms with Gasteiger partial charge in [-0.1, -0.05) is 66.7 Å². The summed E-state index contributed by atoms with van der Waals surface area (Å²) in [7, 11) is -3.35. The van der Waals surface area contributed by atoms with E-state index in [-0.39, 0.29) is 17.7 Å². The third kappa shape index (κ3) is 4.64. The molecule has 31 heavy (non-hydrogen) atoms. The van der Waals surface area contributed by atoms with Crippen molar-refractivity contribution in [1.82, 2.24) is 5.32 Å². The Morgan fingerprint density at radius 3 is 2.10 bits per heavy atom. The van der Waals surface area contributed by atoms with Crippen LogP contribution in [0.15, 0.2) is 78.9 Å². The molecule has 3 aromatic carbocycles. The summed E-state index contributed by atoms with van der Waals surface area (Å²) in [5, 5.41) is 3.13. The highest BCUT2D eigenvalue weighted by molar-refractivity contribution is 7.92. The van der Waals surface area contributed by atoms with Gasteiger partial charge in [-0.3, -0.25) is 9.10 Å². The lowest BCUT2D eigenvalue weighted by atomic mass is 9.98. The fraction of sp³-hybridized carbons (Fsp3) is 0.240. The second kappa shape index (κ2) is 8.94. The number of amides is 1. The second-order valence-corrected chi connectivity index (χ2v) is 9.84. The molecular formula is C25H26N2O3S. The van der Waals surface area contributed by atoms with Crippen LogP contribution in [0, 0.1) is 6.92 Å². The number of anilines is 1. The molecule has 4 rings (SSSR count). The largest absolute Gasteiger partial charge is 0.341 e. The first kappa shape index (κ1) is 21.1. The number of carbonyl (C=O) groups is 1. The van der Waals surface area contributed by atoms with Crippen molar-refractivity contribution < 1.29 is 13.2 Å². The highest BCUT2D eigenvalue weighted by Crippen LogP contribution is 2.29. The summed E-state index contributed by atoms with van der Waals surface area (Å²) in [6, 6.07) is 24.6. The van der Waals surface area contributed by atoms with Crippen molar-refractivity contribution in [3.05, 3.63) is 101 Å². The van der Waals surface area contributed by atoms with Gasteiger partial charge in [-0.2, -0.15) is 0 Å². The molecule has 0 aromatic heterocycles. The maximum Gasteiger partial charge on any atom is 0.252 e. The molecule has 1 heterocycles. The molecule has 1 aliphatic heterocycles.